The van der Waals surface area contributed by atoms with Crippen molar-refractivity contribution in [3.63, 3.8) is 0 Å². The van der Waals surface area contributed by atoms with Gasteiger partial charge in [-0.25, -0.2) is 10.4 Å². The lowest BCUT2D eigenvalue weighted by Crippen LogP contribution is -1.90. The first kappa shape index (κ1) is 17.0. The van der Waals surface area contributed by atoms with E-state index in [2.05, 4.69) is 31.4 Å². The van der Waals surface area contributed by atoms with Crippen LogP contribution in [0, 0.1) is 11.3 Å². The van der Waals surface area contributed by atoms with E-state index < -0.39 is 0 Å². The fourth-order valence-electron chi connectivity index (χ4n) is 2.08. The standard InChI is InChI=1S/C18H15BrN4O2/c1-11(2)17-22-15(9-20)18(25-17)23-21-10-14-7-8-16(24-14)12-3-5-13(19)6-4-12/h3-8,10-11,23H,1-2H3/b21-10+. The molecule has 0 aliphatic heterocycles. The van der Waals surface area contributed by atoms with Gasteiger partial charge in [-0.05, 0) is 24.3 Å². The lowest BCUT2D eigenvalue weighted by molar-refractivity contribution is 0.481. The van der Waals surface area contributed by atoms with Crippen molar-refractivity contribution < 1.29 is 8.83 Å². The first-order valence-electron chi connectivity index (χ1n) is 7.62. The Morgan fingerprint density at radius 2 is 1.96 bits per heavy atom. The molecule has 3 rings (SSSR count). The predicted molar refractivity (Wildman–Crippen MR) is 98.4 cm³/mol. The second-order valence-corrected chi connectivity index (χ2v) is 6.49. The van der Waals surface area contributed by atoms with Gasteiger partial charge in [-0.15, -0.1) is 0 Å². The molecule has 6 nitrogen and oxygen atoms in total. The van der Waals surface area contributed by atoms with E-state index in [-0.39, 0.29) is 17.5 Å². The van der Waals surface area contributed by atoms with Gasteiger partial charge in [-0.1, -0.05) is 41.9 Å². The Hall–Kier alpha value is -2.85. The average molecular weight is 399 g/mol. The maximum Gasteiger partial charge on any atom is 0.252 e. The summed E-state index contributed by atoms with van der Waals surface area (Å²) in [5.74, 6) is 2.12. The van der Waals surface area contributed by atoms with Crippen molar-refractivity contribution >= 4 is 28.0 Å². The zero-order valence-electron chi connectivity index (χ0n) is 13.7. The Morgan fingerprint density at radius 1 is 1.20 bits per heavy atom. The number of halogens is 1. The molecule has 0 fully saturated rings. The van der Waals surface area contributed by atoms with Crippen LogP contribution in [0.15, 0.2) is 54.8 Å². The molecule has 0 amide bonds. The summed E-state index contributed by atoms with van der Waals surface area (Å²) in [6.07, 6.45) is 1.51. The Kier molecular flexibility index (Phi) is 5.00. The quantitative estimate of drug-likeness (QED) is 0.474. The SMILES string of the molecule is CC(C)c1nc(C#N)c(N/N=C/c2ccc(-c3ccc(Br)cc3)o2)o1. The summed E-state index contributed by atoms with van der Waals surface area (Å²) >= 11 is 3.40. The molecule has 7 heteroatoms. The molecule has 2 heterocycles. The molecule has 0 saturated heterocycles. The van der Waals surface area contributed by atoms with E-state index in [1.165, 1.54) is 6.21 Å². The van der Waals surface area contributed by atoms with Gasteiger partial charge in [-0.3, -0.25) is 0 Å². The minimum absolute atomic E-state index is 0.0881. The highest BCUT2D eigenvalue weighted by Gasteiger charge is 2.14. The molecule has 0 bridgehead atoms. The van der Waals surface area contributed by atoms with Crippen LogP contribution < -0.4 is 5.43 Å². The molecule has 2 aromatic heterocycles. The van der Waals surface area contributed by atoms with E-state index >= 15 is 0 Å². The minimum Gasteiger partial charge on any atom is -0.455 e. The Labute approximate surface area is 153 Å². The van der Waals surface area contributed by atoms with Crippen LogP contribution in [0.4, 0.5) is 5.88 Å². The fourth-order valence-corrected chi connectivity index (χ4v) is 2.35. The van der Waals surface area contributed by atoms with Crippen LogP contribution in [-0.2, 0) is 0 Å². The molecule has 0 atom stereocenters. The van der Waals surface area contributed by atoms with Gasteiger partial charge in [-0.2, -0.15) is 10.4 Å². The van der Waals surface area contributed by atoms with E-state index in [0.717, 1.165) is 15.8 Å². The number of aromatic nitrogens is 1. The van der Waals surface area contributed by atoms with Crippen LogP contribution in [0.2, 0.25) is 0 Å². The van der Waals surface area contributed by atoms with Crippen molar-refractivity contribution in [2.24, 2.45) is 5.10 Å². The van der Waals surface area contributed by atoms with Gasteiger partial charge in [0.15, 0.2) is 0 Å². The molecule has 0 saturated carbocycles. The minimum atomic E-state index is 0.0881. The highest BCUT2D eigenvalue weighted by molar-refractivity contribution is 9.10. The van der Waals surface area contributed by atoms with Gasteiger partial charge in [0.05, 0.1) is 6.21 Å². The smallest absolute Gasteiger partial charge is 0.252 e. The lowest BCUT2D eigenvalue weighted by Gasteiger charge is -1.97. The van der Waals surface area contributed by atoms with Crippen molar-refractivity contribution in [2.75, 3.05) is 5.43 Å². The number of oxazole rings is 1. The van der Waals surface area contributed by atoms with Crippen LogP contribution in [0.1, 0.15) is 37.1 Å². The number of nitrogens with zero attached hydrogens (tertiary/aromatic N) is 3. The zero-order chi connectivity index (χ0) is 17.8. The number of hydrogen-bond acceptors (Lipinski definition) is 6. The number of hydrogen-bond donors (Lipinski definition) is 1. The predicted octanol–water partition coefficient (Wildman–Crippen LogP) is 5.14. The highest BCUT2D eigenvalue weighted by atomic mass is 79.9. The maximum absolute atomic E-state index is 9.09. The molecule has 1 aromatic carbocycles. The first-order chi connectivity index (χ1) is 12.1. The van der Waals surface area contributed by atoms with Gasteiger partial charge >= 0.3 is 0 Å². The molecule has 0 radical (unpaired) electrons. The number of benzene rings is 1. The van der Waals surface area contributed by atoms with Crippen LogP contribution in [0.5, 0.6) is 0 Å². The molecule has 0 spiro atoms. The number of hydrazone groups is 1. The first-order valence-corrected chi connectivity index (χ1v) is 8.42. The Balaban J connectivity index is 1.71. The zero-order valence-corrected chi connectivity index (χ0v) is 15.2. The number of rotatable bonds is 5. The molecule has 0 unspecified atom stereocenters. The van der Waals surface area contributed by atoms with E-state index in [1.54, 1.807) is 0 Å². The Bertz CT molecular complexity index is 933. The van der Waals surface area contributed by atoms with E-state index in [4.69, 9.17) is 14.1 Å². The second-order valence-electron chi connectivity index (χ2n) is 5.58. The van der Waals surface area contributed by atoms with E-state index in [9.17, 15) is 0 Å². The number of nitrogens with one attached hydrogen (secondary N) is 1. The molecule has 0 aliphatic carbocycles. The number of nitriles is 1. The molecule has 0 aliphatic rings. The van der Waals surface area contributed by atoms with Gasteiger partial charge in [0.2, 0.25) is 11.6 Å². The van der Waals surface area contributed by atoms with Gasteiger partial charge in [0.1, 0.15) is 17.6 Å². The molecule has 3 aromatic rings. The van der Waals surface area contributed by atoms with Gasteiger partial charge in [0, 0.05) is 16.0 Å². The van der Waals surface area contributed by atoms with Crippen LogP contribution in [-0.4, -0.2) is 11.2 Å². The van der Waals surface area contributed by atoms with Crippen molar-refractivity contribution in [1.29, 1.82) is 5.26 Å². The maximum atomic E-state index is 9.09. The van der Waals surface area contributed by atoms with Crippen molar-refractivity contribution in [1.82, 2.24) is 4.98 Å². The number of anilines is 1. The molecular weight excluding hydrogens is 384 g/mol. The molecule has 1 N–H and O–H groups in total. The van der Waals surface area contributed by atoms with E-state index in [1.807, 2.05) is 56.3 Å². The summed E-state index contributed by atoms with van der Waals surface area (Å²) in [5.41, 5.74) is 3.84. The third-order valence-electron chi connectivity index (χ3n) is 3.36. The number of furan rings is 1. The summed E-state index contributed by atoms with van der Waals surface area (Å²) in [5, 5.41) is 13.1. The summed E-state index contributed by atoms with van der Waals surface area (Å²) < 4.78 is 12.2. The summed E-state index contributed by atoms with van der Waals surface area (Å²) in [6.45, 7) is 3.87. The second kappa shape index (κ2) is 7.36. The monoisotopic (exact) mass is 398 g/mol. The van der Waals surface area contributed by atoms with Crippen LogP contribution in [0.25, 0.3) is 11.3 Å². The summed E-state index contributed by atoms with van der Waals surface area (Å²) in [4.78, 5) is 4.11. The molecule has 25 heavy (non-hydrogen) atoms. The third kappa shape index (κ3) is 3.98. The average Bonchev–Trinajstić information content (AvgIpc) is 3.23. The van der Waals surface area contributed by atoms with Gasteiger partial charge < -0.3 is 8.83 Å². The highest BCUT2D eigenvalue weighted by Crippen LogP contribution is 2.24. The van der Waals surface area contributed by atoms with Crippen molar-refractivity contribution in [3.8, 4) is 17.4 Å². The third-order valence-corrected chi connectivity index (χ3v) is 3.89. The summed E-state index contributed by atoms with van der Waals surface area (Å²) in [6, 6.07) is 13.5. The molecular formula is C18H15BrN4O2. The fraction of sp³-hybridized carbons (Fsp3) is 0.167. The molecule has 126 valence electrons. The van der Waals surface area contributed by atoms with Crippen molar-refractivity contribution in [2.45, 2.75) is 19.8 Å². The largest absolute Gasteiger partial charge is 0.455 e. The van der Waals surface area contributed by atoms with Crippen molar-refractivity contribution in [3.05, 3.63) is 58.2 Å². The lowest BCUT2D eigenvalue weighted by atomic mass is 10.2. The van der Waals surface area contributed by atoms with Crippen LogP contribution in [0.3, 0.4) is 0 Å². The Morgan fingerprint density at radius 3 is 2.64 bits per heavy atom. The summed E-state index contributed by atoms with van der Waals surface area (Å²) in [7, 11) is 0. The van der Waals surface area contributed by atoms with E-state index in [0.29, 0.717) is 11.7 Å². The van der Waals surface area contributed by atoms with Gasteiger partial charge in [0.25, 0.3) is 5.88 Å². The van der Waals surface area contributed by atoms with Crippen LogP contribution >= 0.6 is 15.9 Å². The normalized spacial score (nSPS) is 11.2. The topological polar surface area (TPSA) is 87.4 Å².